The minimum atomic E-state index is -0.740. The number of halogens is 1. The Morgan fingerprint density at radius 3 is 3.00 bits per heavy atom. The summed E-state index contributed by atoms with van der Waals surface area (Å²) in [6, 6.07) is 5.89. The number of fused-ring (bicyclic) bond motifs is 1. The van der Waals surface area contributed by atoms with Gasteiger partial charge in [0, 0.05) is 4.47 Å². The molecule has 2 N–H and O–H groups in total. The number of carbonyl (C=O) groups is 1. The van der Waals surface area contributed by atoms with Crippen molar-refractivity contribution in [3.63, 3.8) is 0 Å². The van der Waals surface area contributed by atoms with E-state index in [1.54, 1.807) is 0 Å². The Morgan fingerprint density at radius 2 is 2.31 bits per heavy atom. The van der Waals surface area contributed by atoms with Gasteiger partial charge in [0.15, 0.2) is 0 Å². The molecule has 1 aromatic rings. The largest absolute Gasteiger partial charge is 0.315 e. The van der Waals surface area contributed by atoms with Gasteiger partial charge >= 0.3 is 0 Å². The van der Waals surface area contributed by atoms with Gasteiger partial charge in [-0.15, -0.1) is 0 Å². The van der Waals surface area contributed by atoms with Gasteiger partial charge in [0.2, 0.25) is 0 Å². The van der Waals surface area contributed by atoms with Crippen LogP contribution in [0, 0.1) is 0 Å². The topological polar surface area (TPSA) is 43.1 Å². The van der Waals surface area contributed by atoms with Crippen LogP contribution < -0.4 is 5.73 Å². The van der Waals surface area contributed by atoms with Crippen LogP contribution in [0.25, 0.3) is 0 Å². The van der Waals surface area contributed by atoms with Crippen LogP contribution in [0.1, 0.15) is 17.5 Å². The molecule has 1 aliphatic rings. The quantitative estimate of drug-likeness (QED) is 0.760. The molecule has 0 amide bonds. The summed E-state index contributed by atoms with van der Waals surface area (Å²) in [7, 11) is 0. The van der Waals surface area contributed by atoms with Crippen molar-refractivity contribution in [1.29, 1.82) is 0 Å². The molecule has 3 heteroatoms. The summed E-state index contributed by atoms with van der Waals surface area (Å²) in [4.78, 5) is 10.8. The van der Waals surface area contributed by atoms with Crippen LogP contribution in [0.4, 0.5) is 0 Å². The SMILES string of the molecule is NC1(C=O)CCc2cc(Br)ccc21. The van der Waals surface area contributed by atoms with E-state index in [-0.39, 0.29) is 0 Å². The molecule has 68 valence electrons. The van der Waals surface area contributed by atoms with Crippen LogP contribution >= 0.6 is 15.9 Å². The van der Waals surface area contributed by atoms with Crippen molar-refractivity contribution >= 4 is 22.2 Å². The number of benzene rings is 1. The molecule has 0 radical (unpaired) electrons. The van der Waals surface area contributed by atoms with E-state index in [1.807, 2.05) is 18.2 Å². The molecule has 0 bridgehead atoms. The Bertz CT molecular complexity index is 364. The molecule has 1 aromatic carbocycles. The van der Waals surface area contributed by atoms with Crippen LogP contribution in [0.3, 0.4) is 0 Å². The molecule has 0 saturated heterocycles. The third kappa shape index (κ3) is 1.32. The predicted molar refractivity (Wildman–Crippen MR) is 54.4 cm³/mol. The summed E-state index contributed by atoms with van der Waals surface area (Å²) in [6.07, 6.45) is 2.47. The first-order chi connectivity index (χ1) is 6.15. The highest BCUT2D eigenvalue weighted by molar-refractivity contribution is 9.10. The van der Waals surface area contributed by atoms with Crippen molar-refractivity contribution in [2.75, 3.05) is 0 Å². The van der Waals surface area contributed by atoms with Crippen molar-refractivity contribution in [1.82, 2.24) is 0 Å². The van der Waals surface area contributed by atoms with E-state index in [2.05, 4.69) is 15.9 Å². The zero-order valence-electron chi connectivity index (χ0n) is 7.09. The van der Waals surface area contributed by atoms with Crippen molar-refractivity contribution in [3.8, 4) is 0 Å². The summed E-state index contributed by atoms with van der Waals surface area (Å²) in [5.74, 6) is 0. The molecule has 0 aliphatic heterocycles. The van der Waals surface area contributed by atoms with Gasteiger partial charge < -0.3 is 10.5 Å². The zero-order valence-corrected chi connectivity index (χ0v) is 8.67. The van der Waals surface area contributed by atoms with Crippen LogP contribution in [0.5, 0.6) is 0 Å². The van der Waals surface area contributed by atoms with Crippen LogP contribution in [0.2, 0.25) is 0 Å². The molecule has 0 heterocycles. The molecular weight excluding hydrogens is 230 g/mol. The minimum absolute atomic E-state index is 0.724. The van der Waals surface area contributed by atoms with Gasteiger partial charge in [-0.1, -0.05) is 22.0 Å². The van der Waals surface area contributed by atoms with Crippen molar-refractivity contribution in [3.05, 3.63) is 33.8 Å². The fraction of sp³-hybridized carbons (Fsp3) is 0.300. The first-order valence-electron chi connectivity index (χ1n) is 4.20. The highest BCUT2D eigenvalue weighted by Crippen LogP contribution is 2.34. The minimum Gasteiger partial charge on any atom is -0.315 e. The first-order valence-corrected chi connectivity index (χ1v) is 4.99. The zero-order chi connectivity index (χ0) is 9.47. The second-order valence-electron chi connectivity index (χ2n) is 3.46. The fourth-order valence-corrected chi connectivity index (χ4v) is 2.23. The monoisotopic (exact) mass is 239 g/mol. The lowest BCUT2D eigenvalue weighted by atomic mass is 9.95. The van der Waals surface area contributed by atoms with Gasteiger partial charge in [0.25, 0.3) is 0 Å². The Morgan fingerprint density at radius 1 is 1.54 bits per heavy atom. The number of aldehydes is 1. The number of hydrogen-bond donors (Lipinski definition) is 1. The van der Waals surface area contributed by atoms with E-state index < -0.39 is 5.54 Å². The van der Waals surface area contributed by atoms with Crippen molar-refractivity contribution in [2.24, 2.45) is 5.73 Å². The fourth-order valence-electron chi connectivity index (χ4n) is 1.82. The molecule has 1 aliphatic carbocycles. The lowest BCUT2D eigenvalue weighted by Gasteiger charge is -2.16. The van der Waals surface area contributed by atoms with Gasteiger partial charge in [0.05, 0.1) is 5.54 Å². The van der Waals surface area contributed by atoms with Crippen molar-refractivity contribution < 1.29 is 4.79 Å². The average molecular weight is 240 g/mol. The summed E-state index contributed by atoms with van der Waals surface area (Å²) in [6.45, 7) is 0. The number of rotatable bonds is 1. The van der Waals surface area contributed by atoms with Gasteiger partial charge in [0.1, 0.15) is 6.29 Å². The smallest absolute Gasteiger partial charge is 0.144 e. The number of hydrogen-bond acceptors (Lipinski definition) is 2. The summed E-state index contributed by atoms with van der Waals surface area (Å²) in [5, 5.41) is 0. The number of aryl methyl sites for hydroxylation is 1. The van der Waals surface area contributed by atoms with Gasteiger partial charge in [-0.2, -0.15) is 0 Å². The lowest BCUT2D eigenvalue weighted by Crippen LogP contribution is -2.35. The van der Waals surface area contributed by atoms with Crippen LogP contribution in [0.15, 0.2) is 22.7 Å². The second-order valence-corrected chi connectivity index (χ2v) is 4.38. The Hall–Kier alpha value is -0.670. The average Bonchev–Trinajstić information content (AvgIpc) is 2.45. The van der Waals surface area contributed by atoms with E-state index in [0.717, 1.165) is 29.2 Å². The molecule has 0 aromatic heterocycles. The van der Waals surface area contributed by atoms with E-state index in [9.17, 15) is 4.79 Å². The number of nitrogens with two attached hydrogens (primary N) is 1. The summed E-state index contributed by atoms with van der Waals surface area (Å²) in [5.41, 5.74) is 7.36. The Kier molecular flexibility index (Phi) is 2.00. The molecule has 13 heavy (non-hydrogen) atoms. The Labute approximate surface area is 85.3 Å². The molecule has 2 nitrogen and oxygen atoms in total. The second kappa shape index (κ2) is 2.93. The highest BCUT2D eigenvalue weighted by atomic mass is 79.9. The normalized spacial score (nSPS) is 25.7. The third-order valence-electron chi connectivity index (χ3n) is 2.59. The third-order valence-corrected chi connectivity index (χ3v) is 3.08. The Balaban J connectivity index is 2.55. The van der Waals surface area contributed by atoms with Crippen molar-refractivity contribution in [2.45, 2.75) is 18.4 Å². The molecule has 1 unspecified atom stereocenters. The predicted octanol–water partition coefficient (Wildman–Crippen LogP) is 1.75. The first kappa shape index (κ1) is 8.91. The molecular formula is C10H10BrNO. The number of carbonyl (C=O) groups excluding carboxylic acids is 1. The maximum atomic E-state index is 10.8. The van der Waals surface area contributed by atoms with E-state index >= 15 is 0 Å². The summed E-state index contributed by atoms with van der Waals surface area (Å²) >= 11 is 3.40. The van der Waals surface area contributed by atoms with E-state index in [0.29, 0.717) is 0 Å². The maximum Gasteiger partial charge on any atom is 0.144 e. The van der Waals surface area contributed by atoms with E-state index in [4.69, 9.17) is 5.73 Å². The summed E-state index contributed by atoms with van der Waals surface area (Å²) < 4.78 is 1.04. The maximum absolute atomic E-state index is 10.8. The van der Waals surface area contributed by atoms with Gasteiger partial charge in [-0.25, -0.2) is 0 Å². The molecule has 0 spiro atoms. The van der Waals surface area contributed by atoms with Gasteiger partial charge in [-0.3, -0.25) is 0 Å². The highest BCUT2D eigenvalue weighted by Gasteiger charge is 2.34. The van der Waals surface area contributed by atoms with Gasteiger partial charge in [-0.05, 0) is 36.1 Å². The van der Waals surface area contributed by atoms with E-state index in [1.165, 1.54) is 5.56 Å². The van der Waals surface area contributed by atoms with Crippen LogP contribution in [-0.4, -0.2) is 6.29 Å². The molecule has 0 saturated carbocycles. The standard InChI is InChI=1S/C10H10BrNO/c11-8-1-2-9-7(5-8)3-4-10(9,12)6-13/h1-2,5-6H,3-4,12H2. The lowest BCUT2D eigenvalue weighted by molar-refractivity contribution is -0.112. The molecule has 1 atom stereocenters. The molecule has 2 rings (SSSR count). The molecule has 0 fully saturated rings. The van der Waals surface area contributed by atoms with Crippen LogP contribution in [-0.2, 0) is 16.8 Å².